The molecule has 0 unspecified atom stereocenters. The number of benzene rings is 2. The predicted octanol–water partition coefficient (Wildman–Crippen LogP) is 3.84. The summed E-state index contributed by atoms with van der Waals surface area (Å²) < 4.78 is 34.7. The van der Waals surface area contributed by atoms with Crippen LogP contribution in [0.4, 0.5) is 5.69 Å². The van der Waals surface area contributed by atoms with Gasteiger partial charge in [0.1, 0.15) is 0 Å². The summed E-state index contributed by atoms with van der Waals surface area (Å²) in [6, 6.07) is 17.7. The molecule has 0 bridgehead atoms. The van der Waals surface area contributed by atoms with Crippen molar-refractivity contribution in [3.8, 4) is 5.69 Å². The van der Waals surface area contributed by atoms with Crippen molar-refractivity contribution in [3.63, 3.8) is 0 Å². The van der Waals surface area contributed by atoms with E-state index in [1.807, 2.05) is 6.07 Å². The highest BCUT2D eigenvalue weighted by atomic mass is 32.1. The standard InChI is InChI=1S/C22H24N5O6PS/c1-4-32-21(28)18-20(35-27(25-18)17-14-10-7-11-15-17)26-34(30,31-3)19(22(29)33-5-2)24-23-16-12-8-6-9-13-16/h6-15,23H,4-5H2,1-3H3/b24-19-,26-20?/t34-/m1/s1. The zero-order chi connectivity index (χ0) is 25.3. The molecule has 0 aliphatic carbocycles. The molecule has 1 aromatic heterocycles. The van der Waals surface area contributed by atoms with Gasteiger partial charge in [-0.05, 0) is 49.6 Å². The highest BCUT2D eigenvalue weighted by molar-refractivity contribution is 7.78. The lowest BCUT2D eigenvalue weighted by molar-refractivity contribution is -0.134. The van der Waals surface area contributed by atoms with Crippen molar-refractivity contribution in [1.82, 2.24) is 9.17 Å². The van der Waals surface area contributed by atoms with Gasteiger partial charge in [-0.25, -0.2) is 9.59 Å². The largest absolute Gasteiger partial charge is 0.461 e. The summed E-state index contributed by atoms with van der Waals surface area (Å²) in [6.07, 6.45) is 0. The van der Waals surface area contributed by atoms with E-state index in [2.05, 4.69) is 20.4 Å². The Labute approximate surface area is 205 Å². The lowest BCUT2D eigenvalue weighted by Crippen LogP contribution is -2.21. The molecule has 13 heteroatoms. The molecule has 3 rings (SSSR count). The summed E-state index contributed by atoms with van der Waals surface area (Å²) in [5.74, 6) is -1.75. The maximum absolute atomic E-state index is 13.8. The number of rotatable bonds is 10. The summed E-state index contributed by atoms with van der Waals surface area (Å²) in [7, 11) is -3.21. The molecular weight excluding hydrogens is 493 g/mol. The van der Waals surface area contributed by atoms with Crippen LogP contribution in [0.5, 0.6) is 0 Å². The Hall–Kier alpha value is -3.60. The first-order valence-electron chi connectivity index (χ1n) is 10.5. The number of carbonyl (C=O) groups excluding carboxylic acids is 2. The van der Waals surface area contributed by atoms with Gasteiger partial charge in [-0.2, -0.15) is 13.9 Å². The fraction of sp³-hybridized carbons (Fsp3) is 0.227. The molecule has 0 aliphatic heterocycles. The van der Waals surface area contributed by atoms with Gasteiger partial charge in [-0.15, -0.1) is 5.10 Å². The number of hydrogen-bond acceptors (Lipinski definition) is 10. The van der Waals surface area contributed by atoms with Gasteiger partial charge in [0.15, 0.2) is 4.67 Å². The number of para-hydroxylation sites is 2. The average molecular weight is 518 g/mol. The van der Waals surface area contributed by atoms with Crippen molar-refractivity contribution >= 4 is 42.1 Å². The number of aromatic nitrogens is 2. The van der Waals surface area contributed by atoms with E-state index in [1.165, 1.54) is 4.07 Å². The van der Waals surface area contributed by atoms with Crippen LogP contribution in [0, 0.1) is 0 Å². The van der Waals surface area contributed by atoms with Gasteiger partial charge in [0, 0.05) is 7.11 Å². The maximum atomic E-state index is 13.8. The Morgan fingerprint density at radius 3 is 2.26 bits per heavy atom. The second kappa shape index (κ2) is 12.2. The first kappa shape index (κ1) is 26.0. The van der Waals surface area contributed by atoms with Crippen LogP contribution in [0.2, 0.25) is 0 Å². The number of hydrazone groups is 1. The molecule has 3 aromatic rings. The monoisotopic (exact) mass is 517 g/mol. The second-order valence-electron chi connectivity index (χ2n) is 6.61. The van der Waals surface area contributed by atoms with E-state index in [0.29, 0.717) is 11.4 Å². The highest BCUT2D eigenvalue weighted by Gasteiger charge is 2.37. The van der Waals surface area contributed by atoms with Crippen molar-refractivity contribution in [2.45, 2.75) is 13.8 Å². The number of nitrogens with zero attached hydrogens (tertiary/aromatic N) is 4. The smallest absolute Gasteiger partial charge is 0.373 e. The zero-order valence-electron chi connectivity index (χ0n) is 19.3. The van der Waals surface area contributed by atoms with Crippen LogP contribution in [0.15, 0.2) is 70.5 Å². The Morgan fingerprint density at radius 2 is 1.66 bits per heavy atom. The van der Waals surface area contributed by atoms with E-state index in [4.69, 9.17) is 14.0 Å². The van der Waals surface area contributed by atoms with Crippen molar-refractivity contribution in [2.24, 2.45) is 9.86 Å². The summed E-state index contributed by atoms with van der Waals surface area (Å²) >= 11 is 0.924. The molecule has 0 saturated heterocycles. The van der Waals surface area contributed by atoms with Crippen molar-refractivity contribution in [2.75, 3.05) is 25.7 Å². The first-order valence-corrected chi connectivity index (χ1v) is 12.9. The van der Waals surface area contributed by atoms with E-state index in [0.717, 1.165) is 18.6 Å². The zero-order valence-corrected chi connectivity index (χ0v) is 21.0. The molecule has 2 aromatic carbocycles. The molecular formula is C22H24N5O6PS. The lowest BCUT2D eigenvalue weighted by Gasteiger charge is -2.13. The molecule has 0 amide bonds. The number of esters is 2. The van der Waals surface area contributed by atoms with E-state index in [-0.39, 0.29) is 23.6 Å². The van der Waals surface area contributed by atoms with E-state index in [9.17, 15) is 14.2 Å². The second-order valence-corrected chi connectivity index (χ2v) is 9.56. The molecule has 0 fully saturated rings. The molecule has 1 heterocycles. The van der Waals surface area contributed by atoms with Crippen molar-refractivity contribution in [3.05, 3.63) is 71.0 Å². The van der Waals surface area contributed by atoms with Crippen LogP contribution in [0.1, 0.15) is 24.3 Å². The van der Waals surface area contributed by atoms with Crippen LogP contribution in [0.25, 0.3) is 5.69 Å². The number of ether oxygens (including phenoxy) is 2. The summed E-state index contributed by atoms with van der Waals surface area (Å²) in [6.45, 7) is 3.35. The quantitative estimate of drug-likeness (QED) is 0.186. The van der Waals surface area contributed by atoms with Crippen LogP contribution >= 0.6 is 19.1 Å². The van der Waals surface area contributed by atoms with Gasteiger partial charge in [0.2, 0.25) is 5.69 Å². The van der Waals surface area contributed by atoms with Gasteiger partial charge in [-0.1, -0.05) is 36.4 Å². The minimum atomic E-state index is -4.33. The molecule has 1 N–H and O–H groups in total. The molecule has 35 heavy (non-hydrogen) atoms. The highest BCUT2D eigenvalue weighted by Crippen LogP contribution is 2.49. The lowest BCUT2D eigenvalue weighted by atomic mass is 10.3. The van der Waals surface area contributed by atoms with E-state index < -0.39 is 24.9 Å². The van der Waals surface area contributed by atoms with E-state index >= 15 is 0 Å². The van der Waals surface area contributed by atoms with Crippen molar-refractivity contribution in [1.29, 1.82) is 0 Å². The van der Waals surface area contributed by atoms with Crippen molar-refractivity contribution < 1.29 is 28.2 Å². The fourth-order valence-corrected chi connectivity index (χ4v) is 5.03. The predicted molar refractivity (Wildman–Crippen MR) is 132 cm³/mol. The fourth-order valence-electron chi connectivity index (χ4n) is 2.68. The van der Waals surface area contributed by atoms with Crippen LogP contribution < -0.4 is 10.1 Å². The molecule has 0 saturated carbocycles. The molecule has 11 nitrogen and oxygen atoms in total. The van der Waals surface area contributed by atoms with Gasteiger partial charge in [0.05, 0.1) is 24.6 Å². The third-order valence-corrected chi connectivity index (χ3v) is 7.11. The minimum Gasteiger partial charge on any atom is -0.461 e. The Kier molecular flexibility index (Phi) is 9.07. The summed E-state index contributed by atoms with van der Waals surface area (Å²) in [4.78, 5) is 25.3. The Morgan fingerprint density at radius 1 is 1.03 bits per heavy atom. The maximum Gasteiger partial charge on any atom is 0.373 e. The minimum absolute atomic E-state index is 0.00947. The molecule has 0 radical (unpaired) electrons. The SMILES string of the molecule is CCOC(=O)/C(=N/Nc1ccccc1)[P@](=O)(N=c1sn(-c2ccccc2)nc1C(=O)OCC)OC. The van der Waals surface area contributed by atoms with Crippen LogP contribution in [-0.2, 0) is 23.4 Å². The van der Waals surface area contributed by atoms with Gasteiger partial charge < -0.3 is 14.0 Å². The summed E-state index contributed by atoms with van der Waals surface area (Å²) in [5, 5.41) is 8.27. The van der Waals surface area contributed by atoms with Gasteiger partial charge >= 0.3 is 19.5 Å². The first-order chi connectivity index (χ1) is 16.9. The number of carbonyl (C=O) groups is 2. The molecule has 1 atom stereocenters. The molecule has 0 aliphatic rings. The topological polar surface area (TPSA) is 133 Å². The number of anilines is 1. The number of hydrogen-bond donors (Lipinski definition) is 1. The Bertz CT molecular complexity index is 1310. The normalized spacial score (nSPS) is 13.7. The third-order valence-electron chi connectivity index (χ3n) is 4.27. The Balaban J connectivity index is 2.15. The molecule has 184 valence electrons. The van der Waals surface area contributed by atoms with Crippen LogP contribution in [-0.4, -0.2) is 46.9 Å². The van der Waals surface area contributed by atoms with E-state index in [1.54, 1.807) is 68.4 Å². The summed E-state index contributed by atoms with van der Waals surface area (Å²) in [5.41, 5.74) is 3.07. The van der Waals surface area contributed by atoms with Gasteiger partial charge in [-0.3, -0.25) is 9.99 Å². The number of nitrogens with one attached hydrogen (secondary N) is 1. The van der Waals surface area contributed by atoms with Crippen LogP contribution in [0.3, 0.4) is 0 Å². The average Bonchev–Trinajstić information content (AvgIpc) is 3.29. The third kappa shape index (κ3) is 6.50. The van der Waals surface area contributed by atoms with Gasteiger partial charge in [0.25, 0.3) is 5.45 Å². The molecule has 0 spiro atoms.